The third-order valence-corrected chi connectivity index (χ3v) is 2.76. The fourth-order valence-electron chi connectivity index (χ4n) is 1.89. The normalized spacial score (nSPS) is 12.7. The molecule has 1 N–H and O–H groups in total. The molecule has 1 aromatic rings. The summed E-state index contributed by atoms with van der Waals surface area (Å²) in [6, 6.07) is 7.89. The summed E-state index contributed by atoms with van der Waals surface area (Å²) in [6.07, 6.45) is 0.637. The van der Waals surface area contributed by atoms with Crippen molar-refractivity contribution in [1.82, 2.24) is 5.32 Å². The molecule has 0 aliphatic heterocycles. The van der Waals surface area contributed by atoms with Gasteiger partial charge in [0, 0.05) is 19.8 Å². The Kier molecular flexibility index (Phi) is 6.72. The van der Waals surface area contributed by atoms with Crippen molar-refractivity contribution in [1.29, 1.82) is 0 Å². The third-order valence-electron chi connectivity index (χ3n) is 2.76. The lowest BCUT2D eigenvalue weighted by Gasteiger charge is -2.26. The molecule has 0 fully saturated rings. The smallest absolute Gasteiger partial charge is 0.176 e. The number of ether oxygens (including phenoxy) is 3. The summed E-state index contributed by atoms with van der Waals surface area (Å²) < 4.78 is 16.4. The van der Waals surface area contributed by atoms with Gasteiger partial charge in [0.25, 0.3) is 0 Å². The van der Waals surface area contributed by atoms with Crippen LogP contribution in [0.4, 0.5) is 0 Å². The number of hydrogen-bond donors (Lipinski definition) is 1. The highest BCUT2D eigenvalue weighted by atomic mass is 16.7. The first kappa shape index (κ1) is 15.0. The molecule has 1 aromatic carbocycles. The molecule has 0 bridgehead atoms. The highest BCUT2D eigenvalue weighted by molar-refractivity contribution is 5.36. The Morgan fingerprint density at radius 2 is 1.83 bits per heavy atom. The van der Waals surface area contributed by atoms with Crippen molar-refractivity contribution < 1.29 is 14.2 Å². The average Bonchev–Trinajstić information content (AvgIpc) is 2.43. The minimum atomic E-state index is -0.346. The van der Waals surface area contributed by atoms with Gasteiger partial charge >= 0.3 is 0 Å². The first-order chi connectivity index (χ1) is 8.78. The van der Waals surface area contributed by atoms with Crippen molar-refractivity contribution in [3.63, 3.8) is 0 Å². The van der Waals surface area contributed by atoms with Gasteiger partial charge in [-0.05, 0) is 19.5 Å². The van der Waals surface area contributed by atoms with Crippen molar-refractivity contribution >= 4 is 0 Å². The topological polar surface area (TPSA) is 39.7 Å². The Bertz CT molecular complexity index is 340. The van der Waals surface area contributed by atoms with Crippen molar-refractivity contribution in [3.05, 3.63) is 29.8 Å². The molecule has 0 aliphatic rings. The lowest BCUT2D eigenvalue weighted by atomic mass is 10.1. The molecular formula is C14H23NO3. The molecule has 4 nitrogen and oxygen atoms in total. The van der Waals surface area contributed by atoms with E-state index < -0.39 is 0 Å². The molecular weight excluding hydrogens is 230 g/mol. The summed E-state index contributed by atoms with van der Waals surface area (Å²) in [7, 11) is 5.15. The zero-order valence-electron chi connectivity index (χ0n) is 11.6. The Hall–Kier alpha value is -1.10. The maximum atomic E-state index is 5.76. The van der Waals surface area contributed by atoms with E-state index in [1.807, 2.05) is 31.3 Å². The van der Waals surface area contributed by atoms with E-state index in [1.165, 1.54) is 0 Å². The van der Waals surface area contributed by atoms with Gasteiger partial charge in [-0.1, -0.05) is 25.1 Å². The summed E-state index contributed by atoms with van der Waals surface area (Å²) in [4.78, 5) is 0. The van der Waals surface area contributed by atoms with Crippen LogP contribution in [-0.2, 0) is 9.47 Å². The van der Waals surface area contributed by atoms with Crippen LogP contribution < -0.4 is 10.1 Å². The first-order valence-electron chi connectivity index (χ1n) is 6.23. The van der Waals surface area contributed by atoms with Gasteiger partial charge in [-0.25, -0.2) is 0 Å². The summed E-state index contributed by atoms with van der Waals surface area (Å²) in [5.74, 6) is 0.873. The molecule has 0 spiro atoms. The molecule has 0 radical (unpaired) electrons. The van der Waals surface area contributed by atoms with E-state index >= 15 is 0 Å². The second kappa shape index (κ2) is 8.08. The van der Waals surface area contributed by atoms with Gasteiger partial charge in [-0.3, -0.25) is 0 Å². The maximum Gasteiger partial charge on any atom is 0.176 e. The molecule has 1 atom stereocenters. The summed E-state index contributed by atoms with van der Waals surface area (Å²) in [5.41, 5.74) is 1.04. The van der Waals surface area contributed by atoms with Crippen molar-refractivity contribution in [2.75, 3.05) is 27.9 Å². The Labute approximate surface area is 109 Å². The molecule has 0 saturated carbocycles. The fraction of sp³-hybridized carbons (Fsp3) is 0.571. The van der Waals surface area contributed by atoms with Crippen LogP contribution in [0.15, 0.2) is 24.3 Å². The number of likely N-dealkylation sites (N-methyl/N-ethyl adjacent to an activating group) is 1. The molecule has 4 heteroatoms. The summed E-state index contributed by atoms with van der Waals surface area (Å²) >= 11 is 0. The molecule has 102 valence electrons. The standard InChI is InChI=1S/C14H23NO3/c1-5-10-18-12-9-7-6-8-11(12)13(15-2)14(16-3)17-4/h6-9,13-15H,5,10H2,1-4H3. The van der Waals surface area contributed by atoms with Gasteiger partial charge < -0.3 is 19.5 Å². The van der Waals surface area contributed by atoms with Gasteiger partial charge in [0.1, 0.15) is 5.75 Å². The van der Waals surface area contributed by atoms with Crippen LogP contribution in [0, 0.1) is 0 Å². The molecule has 18 heavy (non-hydrogen) atoms. The zero-order chi connectivity index (χ0) is 13.4. The largest absolute Gasteiger partial charge is 0.493 e. The summed E-state index contributed by atoms with van der Waals surface area (Å²) in [6.45, 7) is 2.79. The predicted octanol–water partition coefficient (Wildman–Crippen LogP) is 2.35. The van der Waals surface area contributed by atoms with Gasteiger partial charge in [0.15, 0.2) is 6.29 Å². The molecule has 1 rings (SSSR count). The van der Waals surface area contributed by atoms with E-state index in [0.29, 0.717) is 6.61 Å². The minimum Gasteiger partial charge on any atom is -0.493 e. The first-order valence-corrected chi connectivity index (χ1v) is 6.23. The minimum absolute atomic E-state index is 0.0620. The number of methoxy groups -OCH3 is 2. The second-order valence-electron chi connectivity index (χ2n) is 3.99. The van der Waals surface area contributed by atoms with E-state index in [0.717, 1.165) is 17.7 Å². The molecule has 0 amide bonds. The quantitative estimate of drug-likeness (QED) is 0.722. The average molecular weight is 253 g/mol. The third kappa shape index (κ3) is 3.70. The van der Waals surface area contributed by atoms with E-state index in [2.05, 4.69) is 12.2 Å². The SMILES string of the molecule is CCCOc1ccccc1C(NC)C(OC)OC. The highest BCUT2D eigenvalue weighted by Gasteiger charge is 2.24. The Balaban J connectivity index is 2.96. The van der Waals surface area contributed by atoms with Crippen LogP contribution in [0.1, 0.15) is 24.9 Å². The van der Waals surface area contributed by atoms with Gasteiger partial charge in [0.05, 0.1) is 12.6 Å². The van der Waals surface area contributed by atoms with Crippen LogP contribution in [0.25, 0.3) is 0 Å². The monoisotopic (exact) mass is 253 g/mol. The Morgan fingerprint density at radius 1 is 1.17 bits per heavy atom. The van der Waals surface area contributed by atoms with E-state index in [-0.39, 0.29) is 12.3 Å². The van der Waals surface area contributed by atoms with E-state index in [4.69, 9.17) is 14.2 Å². The number of nitrogens with one attached hydrogen (secondary N) is 1. The fourth-order valence-corrected chi connectivity index (χ4v) is 1.89. The number of benzene rings is 1. The molecule has 0 heterocycles. The maximum absolute atomic E-state index is 5.76. The zero-order valence-corrected chi connectivity index (χ0v) is 11.6. The van der Waals surface area contributed by atoms with Crippen LogP contribution in [0.5, 0.6) is 5.75 Å². The van der Waals surface area contributed by atoms with Crippen LogP contribution >= 0.6 is 0 Å². The number of para-hydroxylation sites is 1. The lowest BCUT2D eigenvalue weighted by Crippen LogP contribution is -2.32. The van der Waals surface area contributed by atoms with E-state index in [9.17, 15) is 0 Å². The molecule has 0 aromatic heterocycles. The molecule has 1 unspecified atom stereocenters. The van der Waals surface area contributed by atoms with Crippen molar-refractivity contribution in [2.45, 2.75) is 25.7 Å². The van der Waals surface area contributed by atoms with Gasteiger partial charge in [0.2, 0.25) is 0 Å². The Morgan fingerprint density at radius 3 is 2.39 bits per heavy atom. The molecule has 0 saturated heterocycles. The van der Waals surface area contributed by atoms with Crippen LogP contribution in [0.3, 0.4) is 0 Å². The highest BCUT2D eigenvalue weighted by Crippen LogP contribution is 2.28. The van der Waals surface area contributed by atoms with E-state index in [1.54, 1.807) is 14.2 Å². The summed E-state index contributed by atoms with van der Waals surface area (Å²) in [5, 5.41) is 3.21. The predicted molar refractivity (Wildman–Crippen MR) is 71.8 cm³/mol. The van der Waals surface area contributed by atoms with Gasteiger partial charge in [-0.15, -0.1) is 0 Å². The van der Waals surface area contributed by atoms with Gasteiger partial charge in [-0.2, -0.15) is 0 Å². The number of rotatable bonds is 8. The van der Waals surface area contributed by atoms with Crippen molar-refractivity contribution in [3.8, 4) is 5.75 Å². The second-order valence-corrected chi connectivity index (χ2v) is 3.99. The van der Waals surface area contributed by atoms with Crippen LogP contribution in [-0.4, -0.2) is 34.2 Å². The molecule has 0 aliphatic carbocycles. The van der Waals surface area contributed by atoms with Crippen LogP contribution in [0.2, 0.25) is 0 Å². The lowest BCUT2D eigenvalue weighted by molar-refractivity contribution is -0.123. The van der Waals surface area contributed by atoms with Crippen molar-refractivity contribution in [2.24, 2.45) is 0 Å². The number of hydrogen-bond acceptors (Lipinski definition) is 4.